The number of carbonyl (C=O) groups is 2. The summed E-state index contributed by atoms with van der Waals surface area (Å²) in [5.41, 5.74) is 0.414. The van der Waals surface area contributed by atoms with Gasteiger partial charge in [-0.2, -0.15) is 0 Å². The van der Waals surface area contributed by atoms with Crippen LogP contribution in [-0.2, 0) is 4.79 Å². The molecule has 0 spiro atoms. The summed E-state index contributed by atoms with van der Waals surface area (Å²) < 4.78 is 5.56. The van der Waals surface area contributed by atoms with Gasteiger partial charge in [-0.3, -0.25) is 9.59 Å². The highest BCUT2D eigenvalue weighted by Crippen LogP contribution is 2.25. The van der Waals surface area contributed by atoms with Gasteiger partial charge < -0.3 is 9.64 Å². The van der Waals surface area contributed by atoms with E-state index in [0.29, 0.717) is 31.0 Å². The zero-order chi connectivity index (χ0) is 14.5. The van der Waals surface area contributed by atoms with Gasteiger partial charge in [-0.1, -0.05) is 13.3 Å². The third kappa shape index (κ3) is 2.98. The van der Waals surface area contributed by atoms with E-state index in [1.54, 1.807) is 30.3 Å². The van der Waals surface area contributed by atoms with Gasteiger partial charge in [-0.15, -0.1) is 0 Å². The molecule has 108 valence electrons. The highest BCUT2D eigenvalue weighted by atomic mass is 16.5. The monoisotopic (exact) mass is 276 g/mol. The molecule has 0 aliphatic carbocycles. The van der Waals surface area contributed by atoms with Gasteiger partial charge in [0, 0.05) is 19.8 Å². The molecule has 1 aromatic heterocycles. The smallest absolute Gasteiger partial charge is 0.233 e. The van der Waals surface area contributed by atoms with E-state index in [2.05, 4.69) is 11.9 Å². The van der Waals surface area contributed by atoms with Crippen molar-refractivity contribution in [3.05, 3.63) is 23.9 Å². The number of ether oxygens (including phenoxy) is 1. The number of ketones is 1. The number of unbranched alkanes of at least 4 members (excludes halogenated alkanes) is 1. The zero-order valence-electron chi connectivity index (χ0n) is 12.0. The third-order valence-corrected chi connectivity index (χ3v) is 3.52. The minimum Gasteiger partial charge on any atom is -0.477 e. The average Bonchev–Trinajstić information content (AvgIpc) is 2.79. The molecule has 5 nitrogen and oxygen atoms in total. The van der Waals surface area contributed by atoms with E-state index in [-0.39, 0.29) is 11.7 Å². The number of hydrogen-bond acceptors (Lipinski definition) is 4. The summed E-state index contributed by atoms with van der Waals surface area (Å²) in [5.74, 6) is -0.539. The molecule has 0 aromatic carbocycles. The van der Waals surface area contributed by atoms with Crippen molar-refractivity contribution in [3.63, 3.8) is 0 Å². The summed E-state index contributed by atoms with van der Waals surface area (Å²) in [4.78, 5) is 30.1. The summed E-state index contributed by atoms with van der Waals surface area (Å²) in [6, 6.07) is 3.38. The second kappa shape index (κ2) is 6.50. The Kier molecular flexibility index (Phi) is 4.71. The van der Waals surface area contributed by atoms with Crippen LogP contribution in [0.4, 0.5) is 0 Å². The first kappa shape index (κ1) is 14.5. The van der Waals surface area contributed by atoms with Crippen LogP contribution in [0.3, 0.4) is 0 Å². The number of likely N-dealkylation sites (tertiary alicyclic amines) is 1. The molecule has 2 rings (SSSR count). The number of carbonyl (C=O) groups excluding carboxylic acids is 2. The number of nitrogens with zero attached hydrogens (tertiary/aromatic N) is 2. The van der Waals surface area contributed by atoms with Crippen LogP contribution >= 0.6 is 0 Å². The minimum atomic E-state index is -0.585. The largest absolute Gasteiger partial charge is 0.477 e. The maximum atomic E-state index is 12.5. The Morgan fingerprint density at radius 3 is 3.00 bits per heavy atom. The third-order valence-electron chi connectivity index (χ3n) is 3.52. The van der Waals surface area contributed by atoms with E-state index in [4.69, 9.17) is 4.74 Å². The Hall–Kier alpha value is -1.91. The summed E-state index contributed by atoms with van der Waals surface area (Å²) >= 11 is 0. The Balaban J connectivity index is 2.15. The number of aromatic nitrogens is 1. The van der Waals surface area contributed by atoms with Gasteiger partial charge in [0.2, 0.25) is 11.8 Å². The van der Waals surface area contributed by atoms with E-state index in [9.17, 15) is 9.59 Å². The molecule has 1 unspecified atom stereocenters. The van der Waals surface area contributed by atoms with E-state index in [1.165, 1.54) is 0 Å². The standard InChI is InChI=1S/C15H20N2O3/c1-3-4-10-20-14-11(6-5-8-16-14)13(18)12-7-9-17(2)15(12)19/h5-6,8,12H,3-4,7,9-10H2,1-2H3. The molecule has 1 aliphatic rings. The van der Waals surface area contributed by atoms with Crippen LogP contribution in [0.5, 0.6) is 5.88 Å². The first-order valence-corrected chi connectivity index (χ1v) is 7.02. The zero-order valence-corrected chi connectivity index (χ0v) is 12.0. The topological polar surface area (TPSA) is 59.5 Å². The molecule has 1 aliphatic heterocycles. The van der Waals surface area contributed by atoms with Crippen molar-refractivity contribution in [1.82, 2.24) is 9.88 Å². The number of amides is 1. The molecular formula is C15H20N2O3. The SMILES string of the molecule is CCCCOc1ncccc1C(=O)C1CCN(C)C1=O. The molecule has 0 saturated carbocycles. The Bertz CT molecular complexity index is 502. The van der Waals surface area contributed by atoms with Crippen molar-refractivity contribution in [1.29, 1.82) is 0 Å². The van der Waals surface area contributed by atoms with Gasteiger partial charge in [0.05, 0.1) is 12.2 Å². The molecule has 2 heterocycles. The quantitative estimate of drug-likeness (QED) is 0.452. The average molecular weight is 276 g/mol. The normalized spacial score (nSPS) is 18.4. The first-order chi connectivity index (χ1) is 9.65. The summed E-state index contributed by atoms with van der Waals surface area (Å²) in [6.07, 6.45) is 4.09. The van der Waals surface area contributed by atoms with Gasteiger partial charge >= 0.3 is 0 Å². The Morgan fingerprint density at radius 1 is 1.55 bits per heavy atom. The van der Waals surface area contributed by atoms with Crippen molar-refractivity contribution in [2.24, 2.45) is 5.92 Å². The second-order valence-electron chi connectivity index (χ2n) is 5.02. The molecule has 0 bridgehead atoms. The van der Waals surface area contributed by atoms with Crippen LogP contribution in [0.15, 0.2) is 18.3 Å². The minimum absolute atomic E-state index is 0.113. The van der Waals surface area contributed by atoms with Crippen molar-refractivity contribution in [3.8, 4) is 5.88 Å². The van der Waals surface area contributed by atoms with Crippen molar-refractivity contribution in [2.75, 3.05) is 20.2 Å². The lowest BCUT2D eigenvalue weighted by Crippen LogP contribution is -2.27. The molecule has 1 amide bonds. The molecule has 1 atom stereocenters. The lowest BCUT2D eigenvalue weighted by atomic mass is 9.97. The highest BCUT2D eigenvalue weighted by molar-refractivity contribution is 6.11. The van der Waals surface area contributed by atoms with Crippen LogP contribution in [0, 0.1) is 5.92 Å². The van der Waals surface area contributed by atoms with Crippen LogP contribution in [0.2, 0.25) is 0 Å². The molecule has 0 N–H and O–H groups in total. The van der Waals surface area contributed by atoms with E-state index < -0.39 is 5.92 Å². The molecule has 1 fully saturated rings. The van der Waals surface area contributed by atoms with Crippen molar-refractivity contribution >= 4 is 11.7 Å². The summed E-state index contributed by atoms with van der Waals surface area (Å²) in [6.45, 7) is 3.23. The van der Waals surface area contributed by atoms with Crippen molar-refractivity contribution < 1.29 is 14.3 Å². The van der Waals surface area contributed by atoms with Crippen LogP contribution in [0.1, 0.15) is 36.5 Å². The fourth-order valence-electron chi connectivity index (χ4n) is 2.26. The molecule has 1 aromatic rings. The lowest BCUT2D eigenvalue weighted by Gasteiger charge is -2.12. The van der Waals surface area contributed by atoms with Crippen molar-refractivity contribution in [2.45, 2.75) is 26.2 Å². The number of rotatable bonds is 6. The number of pyridine rings is 1. The van der Waals surface area contributed by atoms with Gasteiger partial charge in [-0.05, 0) is 25.0 Å². The number of Topliss-reactive ketones (excluding diaryl/α,β-unsaturated/α-hetero) is 1. The number of hydrogen-bond donors (Lipinski definition) is 0. The molecule has 1 saturated heterocycles. The predicted molar refractivity (Wildman–Crippen MR) is 74.7 cm³/mol. The summed E-state index contributed by atoms with van der Waals surface area (Å²) in [5, 5.41) is 0. The lowest BCUT2D eigenvalue weighted by molar-refractivity contribution is -0.128. The van der Waals surface area contributed by atoms with Gasteiger partial charge in [0.15, 0.2) is 5.78 Å². The van der Waals surface area contributed by atoms with E-state index in [1.807, 2.05) is 0 Å². The fourth-order valence-corrected chi connectivity index (χ4v) is 2.26. The fraction of sp³-hybridized carbons (Fsp3) is 0.533. The second-order valence-corrected chi connectivity index (χ2v) is 5.02. The maximum Gasteiger partial charge on any atom is 0.233 e. The molecule has 0 radical (unpaired) electrons. The summed E-state index contributed by atoms with van der Waals surface area (Å²) in [7, 11) is 1.72. The Labute approximate surface area is 118 Å². The van der Waals surface area contributed by atoms with E-state index >= 15 is 0 Å². The van der Waals surface area contributed by atoms with Crippen LogP contribution in [0.25, 0.3) is 0 Å². The maximum absolute atomic E-state index is 12.5. The molecule has 20 heavy (non-hydrogen) atoms. The first-order valence-electron chi connectivity index (χ1n) is 7.02. The van der Waals surface area contributed by atoms with Gasteiger partial charge in [0.1, 0.15) is 5.92 Å². The van der Waals surface area contributed by atoms with Crippen LogP contribution in [-0.4, -0.2) is 41.8 Å². The van der Waals surface area contributed by atoms with E-state index in [0.717, 1.165) is 12.8 Å². The molecule has 5 heteroatoms. The van der Waals surface area contributed by atoms with Crippen LogP contribution < -0.4 is 4.74 Å². The molecular weight excluding hydrogens is 256 g/mol. The highest BCUT2D eigenvalue weighted by Gasteiger charge is 2.36. The predicted octanol–water partition coefficient (Wildman–Crippen LogP) is 1.92. The van der Waals surface area contributed by atoms with Gasteiger partial charge in [0.25, 0.3) is 0 Å². The Morgan fingerprint density at radius 2 is 2.35 bits per heavy atom. The van der Waals surface area contributed by atoms with Gasteiger partial charge in [-0.25, -0.2) is 4.98 Å².